The van der Waals surface area contributed by atoms with Gasteiger partial charge < -0.3 is 20.2 Å². The molecule has 0 radical (unpaired) electrons. The van der Waals surface area contributed by atoms with E-state index in [1.165, 1.54) is 22.0 Å². The van der Waals surface area contributed by atoms with Crippen LogP contribution in [-0.2, 0) is 11.3 Å². The van der Waals surface area contributed by atoms with Crippen molar-refractivity contribution in [1.82, 2.24) is 24.7 Å². The molecule has 11 heteroatoms. The van der Waals surface area contributed by atoms with E-state index in [0.29, 0.717) is 29.1 Å². The van der Waals surface area contributed by atoms with Crippen molar-refractivity contribution in [1.29, 1.82) is 0 Å². The van der Waals surface area contributed by atoms with Crippen molar-refractivity contribution in [2.24, 2.45) is 0 Å². The number of hydrogen-bond donors (Lipinski definition) is 1. The molecule has 0 spiro atoms. The van der Waals surface area contributed by atoms with Crippen LogP contribution < -0.4 is 15.3 Å². The van der Waals surface area contributed by atoms with E-state index in [1.807, 2.05) is 29.2 Å². The second kappa shape index (κ2) is 9.50. The Hall–Kier alpha value is -2.95. The van der Waals surface area contributed by atoms with Gasteiger partial charge in [0.05, 0.1) is 5.75 Å². The van der Waals surface area contributed by atoms with Crippen molar-refractivity contribution in [3.05, 3.63) is 53.1 Å². The number of piperazine rings is 1. The van der Waals surface area contributed by atoms with E-state index >= 15 is 0 Å². The number of rotatable bonds is 6. The highest BCUT2D eigenvalue weighted by atomic mass is 35.5. The number of nitrogens with two attached hydrogens (primary N) is 1. The summed E-state index contributed by atoms with van der Waals surface area (Å²) in [6.45, 7) is 4.10. The fraction of sp³-hybridized carbons (Fsp3) is 0.318. The first-order valence-corrected chi connectivity index (χ1v) is 11.9. The van der Waals surface area contributed by atoms with Gasteiger partial charge in [0.2, 0.25) is 17.9 Å². The normalized spacial score (nSPS) is 15.7. The molecule has 2 aromatic carbocycles. The summed E-state index contributed by atoms with van der Waals surface area (Å²) in [6.07, 6.45) is 0. The fourth-order valence-electron chi connectivity index (χ4n) is 3.87. The van der Waals surface area contributed by atoms with Crippen molar-refractivity contribution < 1.29 is 14.3 Å². The number of carbonyl (C=O) groups is 1. The van der Waals surface area contributed by atoms with Crippen LogP contribution in [0.2, 0.25) is 5.02 Å². The van der Waals surface area contributed by atoms with Gasteiger partial charge in [0.25, 0.3) is 0 Å². The van der Waals surface area contributed by atoms with Gasteiger partial charge in [-0.2, -0.15) is 0 Å². The average molecular weight is 487 g/mol. The Morgan fingerprint density at radius 1 is 1.06 bits per heavy atom. The third kappa shape index (κ3) is 4.87. The monoisotopic (exact) mass is 486 g/mol. The molecule has 3 aromatic rings. The minimum atomic E-state index is 0.0648. The van der Waals surface area contributed by atoms with E-state index in [1.54, 1.807) is 12.1 Å². The molecule has 2 N–H and O–H groups in total. The predicted octanol–water partition coefficient (Wildman–Crippen LogP) is 2.48. The van der Waals surface area contributed by atoms with Gasteiger partial charge >= 0.3 is 0 Å². The maximum Gasteiger partial charge on any atom is 0.233 e. The second-order valence-electron chi connectivity index (χ2n) is 7.82. The Bertz CT molecular complexity index is 1160. The number of nitrogen functional groups attached to an aromatic ring is 1. The summed E-state index contributed by atoms with van der Waals surface area (Å²) in [5.41, 5.74) is 1.95. The average Bonchev–Trinajstić information content (AvgIpc) is 3.44. The van der Waals surface area contributed by atoms with Crippen molar-refractivity contribution in [3.8, 4) is 22.9 Å². The number of fused-ring (bicyclic) bond motifs is 1. The number of amides is 1. The van der Waals surface area contributed by atoms with E-state index in [4.69, 9.17) is 26.9 Å². The molecule has 2 aliphatic heterocycles. The molecule has 0 atom stereocenters. The molecule has 5 rings (SSSR count). The first-order chi connectivity index (χ1) is 16.1. The van der Waals surface area contributed by atoms with Gasteiger partial charge in [-0.3, -0.25) is 9.69 Å². The topological polar surface area (TPSA) is 98.7 Å². The smallest absolute Gasteiger partial charge is 0.233 e. The van der Waals surface area contributed by atoms with E-state index < -0.39 is 0 Å². The van der Waals surface area contributed by atoms with Crippen LogP contribution in [0.25, 0.3) is 11.4 Å². The lowest BCUT2D eigenvalue weighted by molar-refractivity contribution is -0.130. The fourth-order valence-corrected chi connectivity index (χ4v) is 4.82. The van der Waals surface area contributed by atoms with Crippen LogP contribution in [0.5, 0.6) is 11.5 Å². The largest absolute Gasteiger partial charge is 0.454 e. The molecule has 0 saturated carbocycles. The standard InChI is InChI=1S/C22H23ClN6O3S/c23-17-3-1-2-16(11-17)21-25-26-22(29(21)24)33-13-20(30)28-8-6-27(7-9-28)12-15-4-5-18-19(10-15)32-14-31-18/h1-5,10-11H,6-9,12-14,24H2. The number of aromatic nitrogens is 3. The first kappa shape index (κ1) is 21.9. The van der Waals surface area contributed by atoms with Gasteiger partial charge in [-0.15, -0.1) is 10.2 Å². The summed E-state index contributed by atoms with van der Waals surface area (Å²) >= 11 is 7.34. The number of hydrogen-bond acceptors (Lipinski definition) is 8. The number of nitrogens with zero attached hydrogens (tertiary/aromatic N) is 5. The van der Waals surface area contributed by atoms with Gasteiger partial charge in [0.15, 0.2) is 17.3 Å². The Morgan fingerprint density at radius 2 is 1.88 bits per heavy atom. The summed E-state index contributed by atoms with van der Waals surface area (Å²) < 4.78 is 12.2. The summed E-state index contributed by atoms with van der Waals surface area (Å²) in [6, 6.07) is 13.3. The molecule has 1 aromatic heterocycles. The Morgan fingerprint density at radius 3 is 2.70 bits per heavy atom. The Labute approximate surface area is 200 Å². The Balaban J connectivity index is 1.12. The molecule has 2 aliphatic rings. The lowest BCUT2D eigenvalue weighted by atomic mass is 10.1. The van der Waals surface area contributed by atoms with Gasteiger partial charge in [-0.05, 0) is 29.8 Å². The molecular formula is C22H23ClN6O3S. The predicted molar refractivity (Wildman–Crippen MR) is 126 cm³/mol. The van der Waals surface area contributed by atoms with Crippen LogP contribution in [0, 0.1) is 0 Å². The molecule has 1 saturated heterocycles. The zero-order valence-corrected chi connectivity index (χ0v) is 19.4. The third-order valence-corrected chi connectivity index (χ3v) is 6.80. The van der Waals surface area contributed by atoms with Gasteiger partial charge in [0.1, 0.15) is 0 Å². The molecule has 0 unspecified atom stereocenters. The Kier molecular flexibility index (Phi) is 6.30. The lowest BCUT2D eigenvalue weighted by Gasteiger charge is -2.34. The van der Waals surface area contributed by atoms with Crippen LogP contribution in [-0.4, -0.2) is 69.3 Å². The van der Waals surface area contributed by atoms with Crippen LogP contribution in [0.4, 0.5) is 0 Å². The molecule has 1 amide bonds. The summed E-state index contributed by atoms with van der Waals surface area (Å²) in [5.74, 6) is 8.57. The van der Waals surface area contributed by atoms with Crippen molar-refractivity contribution in [3.63, 3.8) is 0 Å². The summed E-state index contributed by atoms with van der Waals surface area (Å²) in [4.78, 5) is 17.0. The summed E-state index contributed by atoms with van der Waals surface area (Å²) in [7, 11) is 0. The minimum Gasteiger partial charge on any atom is -0.454 e. The van der Waals surface area contributed by atoms with Crippen LogP contribution in [0.15, 0.2) is 47.6 Å². The van der Waals surface area contributed by atoms with Gasteiger partial charge in [0, 0.05) is 43.3 Å². The highest BCUT2D eigenvalue weighted by molar-refractivity contribution is 7.99. The minimum absolute atomic E-state index is 0.0648. The van der Waals surface area contributed by atoms with E-state index in [0.717, 1.165) is 36.7 Å². The van der Waals surface area contributed by atoms with Gasteiger partial charge in [-0.25, -0.2) is 4.68 Å². The molecule has 1 fully saturated rings. The molecule has 3 heterocycles. The first-order valence-electron chi connectivity index (χ1n) is 10.5. The molecule has 9 nitrogen and oxygen atoms in total. The zero-order chi connectivity index (χ0) is 22.8. The van der Waals surface area contributed by atoms with E-state index in [2.05, 4.69) is 21.2 Å². The van der Waals surface area contributed by atoms with E-state index in [9.17, 15) is 4.79 Å². The zero-order valence-electron chi connectivity index (χ0n) is 17.8. The highest BCUT2D eigenvalue weighted by Crippen LogP contribution is 2.33. The number of carbonyl (C=O) groups excluding carboxylic acids is 1. The lowest BCUT2D eigenvalue weighted by Crippen LogP contribution is -2.48. The number of halogens is 1. The molecule has 172 valence electrons. The summed E-state index contributed by atoms with van der Waals surface area (Å²) in [5, 5.41) is 9.36. The van der Waals surface area contributed by atoms with Crippen LogP contribution in [0.1, 0.15) is 5.56 Å². The van der Waals surface area contributed by atoms with Crippen molar-refractivity contribution in [2.75, 3.05) is 44.6 Å². The van der Waals surface area contributed by atoms with Crippen molar-refractivity contribution in [2.45, 2.75) is 11.7 Å². The number of benzene rings is 2. The maximum absolute atomic E-state index is 12.7. The number of ether oxygens (including phenoxy) is 2. The number of thioether (sulfide) groups is 1. The maximum atomic E-state index is 12.7. The molecule has 0 aliphatic carbocycles. The molecular weight excluding hydrogens is 464 g/mol. The van der Waals surface area contributed by atoms with Crippen LogP contribution in [0.3, 0.4) is 0 Å². The van der Waals surface area contributed by atoms with E-state index in [-0.39, 0.29) is 18.5 Å². The van der Waals surface area contributed by atoms with Gasteiger partial charge in [-0.1, -0.05) is 41.6 Å². The quantitative estimate of drug-likeness (QED) is 0.419. The second-order valence-corrected chi connectivity index (χ2v) is 9.20. The van der Waals surface area contributed by atoms with Crippen LogP contribution >= 0.6 is 23.4 Å². The molecule has 33 heavy (non-hydrogen) atoms. The highest BCUT2D eigenvalue weighted by Gasteiger charge is 2.23. The SMILES string of the molecule is Nn1c(SCC(=O)N2CCN(Cc3ccc4c(c3)OCO4)CC2)nnc1-c1cccc(Cl)c1. The molecule has 0 bridgehead atoms. The van der Waals surface area contributed by atoms with Crippen molar-refractivity contribution >= 4 is 29.3 Å². The third-order valence-electron chi connectivity index (χ3n) is 5.64.